The molecule has 0 aromatic heterocycles. The van der Waals surface area contributed by atoms with E-state index in [1.54, 1.807) is 0 Å². The highest BCUT2D eigenvalue weighted by Crippen LogP contribution is 2.15. The number of guanidine groups is 1. The van der Waals surface area contributed by atoms with Gasteiger partial charge < -0.3 is 15.8 Å². The van der Waals surface area contributed by atoms with Crippen LogP contribution in [-0.2, 0) is 4.74 Å². The number of hydrogen-bond donors (Lipinski definition) is 2. The van der Waals surface area contributed by atoms with E-state index in [9.17, 15) is 0 Å². The number of nitrogens with two attached hydrogens (primary N) is 1. The summed E-state index contributed by atoms with van der Waals surface area (Å²) in [6, 6.07) is 10.4. The lowest BCUT2D eigenvalue weighted by atomic mass is 10.3. The molecular weight excluding hydrogens is 296 g/mol. The molecule has 1 saturated heterocycles. The molecule has 1 heterocycles. The normalized spacial score (nSPS) is 16.6. The minimum absolute atomic E-state index is 0.552. The zero-order chi connectivity index (χ0) is 15.5. The molecule has 2 rings (SSSR count). The van der Waals surface area contributed by atoms with Crippen molar-refractivity contribution in [2.24, 2.45) is 10.7 Å². The van der Waals surface area contributed by atoms with Crippen LogP contribution in [0.25, 0.3) is 0 Å². The second-order valence-corrected chi connectivity index (χ2v) is 6.33. The molecule has 0 aliphatic carbocycles. The first-order valence-corrected chi connectivity index (χ1v) is 8.85. The van der Waals surface area contributed by atoms with Gasteiger partial charge >= 0.3 is 0 Å². The van der Waals surface area contributed by atoms with Crippen LogP contribution in [0.2, 0.25) is 0 Å². The molecule has 1 fully saturated rings. The molecule has 0 atom stereocenters. The van der Waals surface area contributed by atoms with Crippen molar-refractivity contribution in [2.45, 2.75) is 11.3 Å². The van der Waals surface area contributed by atoms with Gasteiger partial charge in [0.25, 0.3) is 0 Å². The molecule has 122 valence electrons. The van der Waals surface area contributed by atoms with Gasteiger partial charge in [0, 0.05) is 43.4 Å². The summed E-state index contributed by atoms with van der Waals surface area (Å²) >= 11 is 1.82. The van der Waals surface area contributed by atoms with E-state index in [0.29, 0.717) is 5.96 Å². The molecule has 0 amide bonds. The van der Waals surface area contributed by atoms with Gasteiger partial charge in [0.1, 0.15) is 0 Å². The standard InChI is InChI=1S/C16H26N4OS/c17-16(18-7-4-9-20-10-12-21-13-11-20)19-8-14-22-15-5-2-1-3-6-15/h1-3,5-6H,4,7-14H2,(H3,17,18,19). The number of nitrogens with one attached hydrogen (secondary N) is 1. The van der Waals surface area contributed by atoms with Crippen molar-refractivity contribution in [2.75, 3.05) is 51.7 Å². The molecule has 5 nitrogen and oxygen atoms in total. The van der Waals surface area contributed by atoms with Gasteiger partial charge in [-0.3, -0.25) is 9.89 Å². The quantitative estimate of drug-likeness (QED) is 0.328. The van der Waals surface area contributed by atoms with Gasteiger partial charge in [0.2, 0.25) is 0 Å². The Morgan fingerprint density at radius 3 is 2.82 bits per heavy atom. The van der Waals surface area contributed by atoms with E-state index in [4.69, 9.17) is 10.5 Å². The molecule has 22 heavy (non-hydrogen) atoms. The summed E-state index contributed by atoms with van der Waals surface area (Å²) in [6.07, 6.45) is 1.04. The first-order chi connectivity index (χ1) is 10.8. The topological polar surface area (TPSA) is 62.9 Å². The van der Waals surface area contributed by atoms with Gasteiger partial charge in [-0.05, 0) is 18.6 Å². The van der Waals surface area contributed by atoms with Gasteiger partial charge in [0.05, 0.1) is 13.2 Å². The Hall–Kier alpha value is -1.24. The second kappa shape index (κ2) is 10.5. The lowest BCUT2D eigenvalue weighted by Crippen LogP contribution is -2.37. The van der Waals surface area contributed by atoms with E-state index >= 15 is 0 Å². The smallest absolute Gasteiger partial charge is 0.188 e. The second-order valence-electron chi connectivity index (χ2n) is 5.16. The molecule has 0 unspecified atom stereocenters. The minimum atomic E-state index is 0.552. The fourth-order valence-electron chi connectivity index (χ4n) is 2.24. The van der Waals surface area contributed by atoms with Crippen LogP contribution in [0.4, 0.5) is 0 Å². The highest BCUT2D eigenvalue weighted by Gasteiger charge is 2.08. The van der Waals surface area contributed by atoms with Crippen LogP contribution in [0.15, 0.2) is 40.2 Å². The summed E-state index contributed by atoms with van der Waals surface area (Å²) in [5.41, 5.74) is 5.87. The number of nitrogens with zero attached hydrogens (tertiary/aromatic N) is 2. The first kappa shape index (κ1) is 17.1. The van der Waals surface area contributed by atoms with Crippen molar-refractivity contribution >= 4 is 17.7 Å². The Labute approximate surface area is 137 Å². The van der Waals surface area contributed by atoms with Crippen LogP contribution < -0.4 is 11.1 Å². The maximum atomic E-state index is 5.87. The van der Waals surface area contributed by atoms with Crippen molar-refractivity contribution in [1.82, 2.24) is 10.2 Å². The molecular formula is C16H26N4OS. The number of thioether (sulfide) groups is 1. The van der Waals surface area contributed by atoms with Crippen molar-refractivity contribution < 1.29 is 4.74 Å². The average molecular weight is 322 g/mol. The van der Waals surface area contributed by atoms with E-state index < -0.39 is 0 Å². The third-order valence-corrected chi connectivity index (χ3v) is 4.45. The lowest BCUT2D eigenvalue weighted by molar-refractivity contribution is 0.0377. The van der Waals surface area contributed by atoms with Crippen molar-refractivity contribution in [1.29, 1.82) is 0 Å². The highest BCUT2D eigenvalue weighted by molar-refractivity contribution is 7.99. The fraction of sp³-hybridized carbons (Fsp3) is 0.562. The summed E-state index contributed by atoms with van der Waals surface area (Å²) in [5, 5.41) is 3.16. The molecule has 0 spiro atoms. The molecule has 6 heteroatoms. The average Bonchev–Trinajstić information content (AvgIpc) is 2.57. The maximum absolute atomic E-state index is 5.87. The summed E-state index contributed by atoms with van der Waals surface area (Å²) in [6.45, 7) is 6.46. The van der Waals surface area contributed by atoms with Gasteiger partial charge in [-0.25, -0.2) is 0 Å². The Bertz CT molecular complexity index is 435. The Kier molecular flexibility index (Phi) is 8.15. The largest absolute Gasteiger partial charge is 0.379 e. The molecule has 1 aromatic rings. The highest BCUT2D eigenvalue weighted by atomic mass is 32.2. The summed E-state index contributed by atoms with van der Waals surface area (Å²) < 4.78 is 5.33. The van der Waals surface area contributed by atoms with Crippen LogP contribution in [0, 0.1) is 0 Å². The van der Waals surface area contributed by atoms with Crippen LogP contribution in [0.3, 0.4) is 0 Å². The number of rotatable bonds is 8. The molecule has 1 aliphatic heterocycles. The molecule has 0 radical (unpaired) electrons. The molecule has 0 bridgehead atoms. The van der Waals surface area contributed by atoms with Crippen LogP contribution >= 0.6 is 11.8 Å². The van der Waals surface area contributed by atoms with Crippen molar-refractivity contribution in [3.8, 4) is 0 Å². The van der Waals surface area contributed by atoms with Gasteiger partial charge in [-0.2, -0.15) is 0 Å². The zero-order valence-electron chi connectivity index (χ0n) is 13.0. The van der Waals surface area contributed by atoms with Crippen molar-refractivity contribution in [3.05, 3.63) is 30.3 Å². The monoisotopic (exact) mass is 322 g/mol. The van der Waals surface area contributed by atoms with Crippen LogP contribution in [-0.4, -0.2) is 62.5 Å². The Morgan fingerprint density at radius 2 is 2.05 bits per heavy atom. The van der Waals surface area contributed by atoms with E-state index in [-0.39, 0.29) is 0 Å². The van der Waals surface area contributed by atoms with E-state index in [1.165, 1.54) is 4.90 Å². The number of aliphatic imine (C=N–C) groups is 1. The first-order valence-electron chi connectivity index (χ1n) is 7.86. The van der Waals surface area contributed by atoms with E-state index in [0.717, 1.165) is 58.1 Å². The van der Waals surface area contributed by atoms with Gasteiger partial charge in [-0.15, -0.1) is 11.8 Å². The van der Waals surface area contributed by atoms with Crippen molar-refractivity contribution in [3.63, 3.8) is 0 Å². The van der Waals surface area contributed by atoms with Crippen LogP contribution in [0.5, 0.6) is 0 Å². The molecule has 1 aromatic carbocycles. The van der Waals surface area contributed by atoms with E-state index in [1.807, 2.05) is 17.8 Å². The number of ether oxygens (including phenoxy) is 1. The summed E-state index contributed by atoms with van der Waals surface area (Å²) in [7, 11) is 0. The summed E-state index contributed by atoms with van der Waals surface area (Å²) in [5.74, 6) is 1.53. The zero-order valence-corrected chi connectivity index (χ0v) is 13.9. The summed E-state index contributed by atoms with van der Waals surface area (Å²) in [4.78, 5) is 8.07. The third-order valence-electron chi connectivity index (χ3n) is 3.44. The number of morpholine rings is 1. The number of benzene rings is 1. The van der Waals surface area contributed by atoms with Crippen LogP contribution in [0.1, 0.15) is 6.42 Å². The third kappa shape index (κ3) is 7.15. The Balaban J connectivity index is 1.50. The predicted molar refractivity (Wildman–Crippen MR) is 93.5 cm³/mol. The fourth-order valence-corrected chi connectivity index (χ4v) is 3.03. The minimum Gasteiger partial charge on any atom is -0.379 e. The molecule has 1 aliphatic rings. The Morgan fingerprint density at radius 1 is 1.27 bits per heavy atom. The van der Waals surface area contributed by atoms with E-state index in [2.05, 4.69) is 39.5 Å². The van der Waals surface area contributed by atoms with Gasteiger partial charge in [0.15, 0.2) is 5.96 Å². The molecule has 3 N–H and O–H groups in total. The number of hydrogen-bond acceptors (Lipinski definition) is 4. The maximum Gasteiger partial charge on any atom is 0.188 e. The van der Waals surface area contributed by atoms with Gasteiger partial charge in [-0.1, -0.05) is 18.2 Å². The SMILES string of the molecule is NC(=NCCCN1CCOCC1)NCCSc1ccccc1. The lowest BCUT2D eigenvalue weighted by Gasteiger charge is -2.26. The predicted octanol–water partition coefficient (Wildman–Crippen LogP) is 1.41. The molecule has 0 saturated carbocycles.